The summed E-state index contributed by atoms with van der Waals surface area (Å²) in [5.41, 5.74) is 1.37. The summed E-state index contributed by atoms with van der Waals surface area (Å²) < 4.78 is 32.5. The average Bonchev–Trinajstić information content (AvgIpc) is 3.08. The van der Waals surface area contributed by atoms with E-state index in [1.807, 2.05) is 0 Å². The Balaban J connectivity index is 1.36. The van der Waals surface area contributed by atoms with Gasteiger partial charge in [0.25, 0.3) is 0 Å². The van der Waals surface area contributed by atoms with Crippen LogP contribution in [0.2, 0.25) is 0 Å². The maximum atomic E-state index is 12.7. The minimum absolute atomic E-state index is 0.258. The average molecular weight is 661 g/mol. The molecule has 10 heteroatoms. The summed E-state index contributed by atoms with van der Waals surface area (Å²) in [7, 11) is 0. The van der Waals surface area contributed by atoms with E-state index in [0.29, 0.717) is 66.1 Å². The number of ether oxygens (including phenoxy) is 6. The highest BCUT2D eigenvalue weighted by atomic mass is 16.5. The first-order chi connectivity index (χ1) is 23.2. The van der Waals surface area contributed by atoms with Gasteiger partial charge in [0.1, 0.15) is 23.0 Å². The molecular weight excluding hydrogens is 616 g/mol. The van der Waals surface area contributed by atoms with Crippen molar-refractivity contribution in [1.82, 2.24) is 0 Å². The van der Waals surface area contributed by atoms with Gasteiger partial charge in [-0.15, -0.1) is 0 Å². The Kier molecular flexibility index (Phi) is 16.3. The summed E-state index contributed by atoms with van der Waals surface area (Å²) in [4.78, 5) is 47.2. The van der Waals surface area contributed by atoms with Crippen molar-refractivity contribution in [2.75, 3.05) is 26.4 Å². The zero-order valence-electron chi connectivity index (χ0n) is 27.7. The number of carbonyl (C=O) groups excluding carboxylic acids is 4. The van der Waals surface area contributed by atoms with Crippen molar-refractivity contribution in [3.63, 3.8) is 0 Å². The molecule has 0 aliphatic rings. The maximum absolute atomic E-state index is 12.7. The summed E-state index contributed by atoms with van der Waals surface area (Å²) in [6, 6.07) is 18.3. The lowest BCUT2D eigenvalue weighted by Crippen LogP contribution is -2.10. The number of rotatable bonds is 21. The molecule has 0 fully saturated rings. The Morgan fingerprint density at radius 3 is 1.52 bits per heavy atom. The second-order valence-electron chi connectivity index (χ2n) is 11.0. The van der Waals surface area contributed by atoms with Crippen LogP contribution >= 0.6 is 0 Å². The van der Waals surface area contributed by atoms with Crippen molar-refractivity contribution in [1.29, 1.82) is 0 Å². The van der Waals surface area contributed by atoms with E-state index >= 15 is 0 Å². The van der Waals surface area contributed by atoms with Crippen molar-refractivity contribution >= 4 is 23.9 Å². The van der Waals surface area contributed by atoms with Gasteiger partial charge in [-0.1, -0.05) is 6.58 Å². The van der Waals surface area contributed by atoms with Crippen LogP contribution in [0, 0.1) is 6.92 Å². The molecule has 3 aromatic rings. The molecule has 0 heterocycles. The number of carbonyl (C=O) groups is 4. The van der Waals surface area contributed by atoms with E-state index in [0.717, 1.165) is 57.4 Å². The van der Waals surface area contributed by atoms with Gasteiger partial charge < -0.3 is 28.4 Å². The van der Waals surface area contributed by atoms with Gasteiger partial charge >= 0.3 is 23.9 Å². The Hall–Kier alpha value is -5.12. The van der Waals surface area contributed by atoms with E-state index in [2.05, 4.69) is 6.58 Å². The van der Waals surface area contributed by atoms with E-state index in [1.54, 1.807) is 73.7 Å². The van der Waals surface area contributed by atoms with Gasteiger partial charge in [-0.25, -0.2) is 14.4 Å². The molecule has 0 saturated heterocycles. The topological polar surface area (TPSA) is 124 Å². The molecule has 0 spiro atoms. The molecule has 0 aliphatic carbocycles. The van der Waals surface area contributed by atoms with Crippen molar-refractivity contribution in [2.45, 2.75) is 65.2 Å². The summed E-state index contributed by atoms with van der Waals surface area (Å²) in [6.45, 7) is 8.45. The third-order valence-electron chi connectivity index (χ3n) is 7.07. The molecular formula is C38H44O10. The molecule has 0 saturated carbocycles. The third kappa shape index (κ3) is 14.1. The van der Waals surface area contributed by atoms with Gasteiger partial charge in [-0.05, 0) is 131 Å². The van der Waals surface area contributed by atoms with Crippen LogP contribution in [0.5, 0.6) is 23.0 Å². The Labute approximate surface area is 281 Å². The van der Waals surface area contributed by atoms with Crippen molar-refractivity contribution in [3.05, 3.63) is 96.1 Å². The molecule has 10 nitrogen and oxygen atoms in total. The van der Waals surface area contributed by atoms with E-state index < -0.39 is 17.9 Å². The van der Waals surface area contributed by atoms with Crippen LogP contribution in [-0.4, -0.2) is 50.3 Å². The zero-order valence-corrected chi connectivity index (χ0v) is 27.7. The monoisotopic (exact) mass is 660 g/mol. The lowest BCUT2D eigenvalue weighted by Gasteiger charge is -2.11. The summed E-state index contributed by atoms with van der Waals surface area (Å²) >= 11 is 0. The summed E-state index contributed by atoms with van der Waals surface area (Å²) in [6.07, 6.45) is 8.30. The fraction of sp³-hybridized carbons (Fsp3) is 0.368. The number of hydrogen-bond donors (Lipinski definition) is 0. The normalized spacial score (nSPS) is 10.5. The molecule has 0 radical (unpaired) electrons. The van der Waals surface area contributed by atoms with Gasteiger partial charge in [-0.3, -0.25) is 4.79 Å². The van der Waals surface area contributed by atoms with Crippen molar-refractivity contribution in [3.8, 4) is 23.0 Å². The first-order valence-electron chi connectivity index (χ1n) is 16.2. The summed E-state index contributed by atoms with van der Waals surface area (Å²) in [5.74, 6) is 0.278. The minimum atomic E-state index is -0.521. The quantitative estimate of drug-likeness (QED) is 0.0488. The summed E-state index contributed by atoms with van der Waals surface area (Å²) in [5, 5.41) is 0. The largest absolute Gasteiger partial charge is 0.494 e. The molecule has 48 heavy (non-hydrogen) atoms. The van der Waals surface area contributed by atoms with E-state index in [9.17, 15) is 19.2 Å². The van der Waals surface area contributed by atoms with Gasteiger partial charge in [0, 0.05) is 13.0 Å². The predicted molar refractivity (Wildman–Crippen MR) is 180 cm³/mol. The van der Waals surface area contributed by atoms with Crippen LogP contribution in [0.4, 0.5) is 0 Å². The molecule has 0 atom stereocenters. The van der Waals surface area contributed by atoms with Gasteiger partial charge in [0.05, 0.1) is 37.6 Å². The number of aryl methyl sites for hydroxylation is 1. The lowest BCUT2D eigenvalue weighted by molar-refractivity contribution is -0.141. The molecule has 3 rings (SSSR count). The second kappa shape index (κ2) is 20.9. The van der Waals surface area contributed by atoms with Gasteiger partial charge in [-0.2, -0.15) is 0 Å². The van der Waals surface area contributed by atoms with Crippen LogP contribution in [0.25, 0.3) is 0 Å². The molecule has 0 unspecified atom stereocenters. The lowest BCUT2D eigenvalue weighted by atomic mass is 10.2. The maximum Gasteiger partial charge on any atom is 0.343 e. The minimum Gasteiger partial charge on any atom is -0.494 e. The Morgan fingerprint density at radius 1 is 0.583 bits per heavy atom. The zero-order chi connectivity index (χ0) is 34.6. The first-order valence-corrected chi connectivity index (χ1v) is 16.2. The van der Waals surface area contributed by atoms with E-state index in [-0.39, 0.29) is 5.97 Å². The highest BCUT2D eigenvalue weighted by Gasteiger charge is 2.14. The SMILES string of the molecule is C=CC(=O)OCCCCCCOc1ccc(C(=O)Oc2ccc(OC(=O)c3ccc(OCCCCCCOC(C)=O)cc3)cc2C)cc1. The number of hydrogen-bond acceptors (Lipinski definition) is 10. The van der Waals surface area contributed by atoms with Gasteiger partial charge in [0.15, 0.2) is 0 Å². The van der Waals surface area contributed by atoms with Gasteiger partial charge in [0.2, 0.25) is 0 Å². The highest BCUT2D eigenvalue weighted by molar-refractivity contribution is 5.92. The molecule has 3 aromatic carbocycles. The van der Waals surface area contributed by atoms with Crippen molar-refractivity contribution < 1.29 is 47.6 Å². The number of esters is 4. The molecule has 0 aliphatic heterocycles. The fourth-order valence-electron chi connectivity index (χ4n) is 4.44. The molecule has 0 bridgehead atoms. The molecule has 0 amide bonds. The second-order valence-corrected chi connectivity index (χ2v) is 11.0. The Bertz CT molecular complexity index is 1480. The van der Waals surface area contributed by atoms with E-state index in [1.165, 1.54) is 6.92 Å². The Morgan fingerprint density at radius 2 is 1.04 bits per heavy atom. The molecule has 0 aromatic heterocycles. The molecule has 0 N–H and O–H groups in total. The molecule has 256 valence electrons. The standard InChI is InChI=1S/C38H44O10/c1-4-36(40)46-26-12-8-7-11-25-45-33-19-15-31(16-20-33)38(42)48-35-22-21-34(27-28(35)2)47-37(41)30-13-17-32(18-14-30)44-24-10-6-5-9-23-43-29(3)39/h4,13-22,27H,1,5-12,23-26H2,2-3H3. The van der Waals surface area contributed by atoms with Crippen LogP contribution < -0.4 is 18.9 Å². The fourth-order valence-corrected chi connectivity index (χ4v) is 4.44. The predicted octanol–water partition coefficient (Wildman–Crippen LogP) is 7.60. The van der Waals surface area contributed by atoms with Crippen LogP contribution in [0.1, 0.15) is 84.6 Å². The highest BCUT2D eigenvalue weighted by Crippen LogP contribution is 2.26. The van der Waals surface area contributed by atoms with E-state index in [4.69, 9.17) is 28.4 Å². The third-order valence-corrected chi connectivity index (χ3v) is 7.07. The first kappa shape index (κ1) is 37.3. The van der Waals surface area contributed by atoms with Crippen LogP contribution in [0.15, 0.2) is 79.4 Å². The van der Waals surface area contributed by atoms with Crippen LogP contribution in [0.3, 0.4) is 0 Å². The number of unbranched alkanes of at least 4 members (excludes halogenated alkanes) is 6. The smallest absolute Gasteiger partial charge is 0.343 e. The van der Waals surface area contributed by atoms with Crippen molar-refractivity contribution in [2.24, 2.45) is 0 Å². The van der Waals surface area contributed by atoms with Crippen LogP contribution in [-0.2, 0) is 19.1 Å². The number of benzene rings is 3.